The molecule has 44 heavy (non-hydrogen) atoms. The molecular weight excluding hydrogens is 564 g/mol. The Hall–Kier alpha value is -1.20. The number of carbonyl (C=O) groups excluding carboxylic acids is 2. The third-order valence-corrected chi connectivity index (χ3v) is 14.4. The van der Waals surface area contributed by atoms with E-state index in [2.05, 4.69) is 33.8 Å². The SMILES string of the molecule is C[C@H](CC(=O)[C@@H]1OC1(C)C)[C@H]1C(=O)C[C@@]2(C)C3=CC[C@H]4C(C)(C)[C@@H](O[C@@H]5OC[C@@H](O)[C@@H](O)[C@@H]5O)CC[C@@]45C[C@@]35[C@@H](O)C[C@]12C. The molecule has 0 aromatic carbocycles. The predicted molar refractivity (Wildman–Crippen MR) is 159 cm³/mol. The first kappa shape index (κ1) is 31.4. The minimum Gasteiger partial charge on any atom is -0.392 e. The van der Waals surface area contributed by atoms with Gasteiger partial charge in [0.05, 0.1) is 24.4 Å². The first-order chi connectivity index (χ1) is 20.4. The lowest BCUT2D eigenvalue weighted by Gasteiger charge is -2.61. The molecule has 2 spiro atoms. The van der Waals surface area contributed by atoms with E-state index in [1.807, 2.05) is 20.8 Å². The summed E-state index contributed by atoms with van der Waals surface area (Å²) < 4.78 is 17.6. The molecule has 0 aromatic heterocycles. The number of epoxide rings is 1. The standard InChI is InChI=1S/C35H52O9/c1-17(12-18(36)28-31(4,5)44-28)25-19(37)13-32(6)22-9-8-21-30(2,3)24(43-29-27(41)26(40)20(38)15-42-29)10-11-34(21)16-35(22,34)23(39)14-33(25,32)7/h9,17,20-21,23-29,38-41H,8,10-16H2,1-7H3/t17-,20-,21+,23+,24+,25+,26-,27+,28+,29+,32+,33-,34-,35+/m1/s1. The van der Waals surface area contributed by atoms with Gasteiger partial charge in [-0.15, -0.1) is 0 Å². The summed E-state index contributed by atoms with van der Waals surface area (Å²) in [5.74, 6) is 0.0812. The van der Waals surface area contributed by atoms with Gasteiger partial charge in [0.1, 0.15) is 30.2 Å². The van der Waals surface area contributed by atoms with E-state index in [0.717, 1.165) is 25.7 Å². The highest BCUT2D eigenvalue weighted by molar-refractivity contribution is 5.90. The van der Waals surface area contributed by atoms with Crippen LogP contribution in [0.4, 0.5) is 0 Å². The second-order valence-electron chi connectivity index (χ2n) is 17.3. The molecule has 0 radical (unpaired) electrons. The van der Waals surface area contributed by atoms with E-state index in [0.29, 0.717) is 19.3 Å². The Balaban J connectivity index is 1.15. The van der Waals surface area contributed by atoms with Crippen LogP contribution in [-0.4, -0.2) is 87.1 Å². The highest BCUT2D eigenvalue weighted by Crippen LogP contribution is 2.87. The Bertz CT molecular complexity index is 1290. The summed E-state index contributed by atoms with van der Waals surface area (Å²) in [7, 11) is 0. The van der Waals surface area contributed by atoms with Crippen molar-refractivity contribution >= 4 is 11.6 Å². The van der Waals surface area contributed by atoms with E-state index in [9.17, 15) is 30.0 Å². The average Bonchev–Trinajstić information content (AvgIpc) is 3.78. The van der Waals surface area contributed by atoms with Crippen LogP contribution in [0.5, 0.6) is 0 Å². The zero-order chi connectivity index (χ0) is 32.0. The topological polar surface area (TPSA) is 146 Å². The Morgan fingerprint density at radius 2 is 1.77 bits per heavy atom. The van der Waals surface area contributed by atoms with Crippen LogP contribution in [0.15, 0.2) is 11.6 Å². The maximum atomic E-state index is 13.9. The lowest BCUT2D eigenvalue weighted by Crippen LogP contribution is -2.59. The monoisotopic (exact) mass is 616 g/mol. The summed E-state index contributed by atoms with van der Waals surface area (Å²) in [6, 6.07) is 0. The minimum atomic E-state index is -1.33. The molecule has 0 amide bonds. The van der Waals surface area contributed by atoms with Crippen molar-refractivity contribution in [2.75, 3.05) is 6.61 Å². The third-order valence-electron chi connectivity index (χ3n) is 14.4. The van der Waals surface area contributed by atoms with Crippen molar-refractivity contribution in [2.24, 2.45) is 44.8 Å². The van der Waals surface area contributed by atoms with Crippen molar-refractivity contribution in [2.45, 2.75) is 142 Å². The van der Waals surface area contributed by atoms with Gasteiger partial charge in [-0.1, -0.05) is 46.3 Å². The number of aliphatic hydroxyl groups is 4. The van der Waals surface area contributed by atoms with E-state index >= 15 is 0 Å². The largest absolute Gasteiger partial charge is 0.392 e. The Morgan fingerprint density at radius 1 is 1.09 bits per heavy atom. The van der Waals surface area contributed by atoms with Crippen molar-refractivity contribution < 1.29 is 44.2 Å². The maximum absolute atomic E-state index is 13.9. The van der Waals surface area contributed by atoms with E-state index in [4.69, 9.17) is 14.2 Å². The molecule has 0 bridgehead atoms. The van der Waals surface area contributed by atoms with Crippen LogP contribution in [0.25, 0.3) is 0 Å². The molecule has 9 heteroatoms. The number of rotatable bonds is 6. The molecule has 0 aromatic rings. The minimum absolute atomic E-state index is 0.0687. The van der Waals surface area contributed by atoms with Crippen LogP contribution in [-0.2, 0) is 23.8 Å². The summed E-state index contributed by atoms with van der Waals surface area (Å²) in [6.07, 6.45) is 0.934. The van der Waals surface area contributed by atoms with Gasteiger partial charge in [0, 0.05) is 29.6 Å². The van der Waals surface area contributed by atoms with E-state index < -0.39 is 47.8 Å². The number of carbonyl (C=O) groups is 2. The number of hydrogen-bond acceptors (Lipinski definition) is 9. The smallest absolute Gasteiger partial charge is 0.186 e. The van der Waals surface area contributed by atoms with Crippen LogP contribution in [0.3, 0.4) is 0 Å². The number of ketones is 2. The normalized spacial score (nSPS) is 53.8. The molecule has 4 saturated carbocycles. The fourth-order valence-corrected chi connectivity index (χ4v) is 11.9. The molecule has 2 aliphatic heterocycles. The lowest BCUT2D eigenvalue weighted by atomic mass is 9.44. The number of Topliss-reactive ketones (excluding diaryl/α,β-unsaturated/α-hetero) is 2. The first-order valence-corrected chi connectivity index (χ1v) is 16.8. The van der Waals surface area contributed by atoms with Crippen LogP contribution in [0.1, 0.15) is 93.4 Å². The van der Waals surface area contributed by atoms with Gasteiger partial charge in [-0.3, -0.25) is 9.59 Å². The highest BCUT2D eigenvalue weighted by atomic mass is 16.7. The highest BCUT2D eigenvalue weighted by Gasteiger charge is 2.84. The molecule has 7 aliphatic rings. The van der Waals surface area contributed by atoms with Crippen molar-refractivity contribution in [1.82, 2.24) is 0 Å². The van der Waals surface area contributed by atoms with Crippen molar-refractivity contribution in [3.63, 3.8) is 0 Å². The fourth-order valence-electron chi connectivity index (χ4n) is 11.9. The van der Waals surface area contributed by atoms with Gasteiger partial charge in [0.2, 0.25) is 0 Å². The van der Waals surface area contributed by atoms with Crippen LogP contribution in [0.2, 0.25) is 0 Å². The lowest BCUT2D eigenvalue weighted by molar-refractivity contribution is -0.301. The zero-order valence-corrected chi connectivity index (χ0v) is 27.3. The first-order valence-electron chi connectivity index (χ1n) is 16.8. The molecule has 246 valence electrons. The molecule has 14 atom stereocenters. The van der Waals surface area contributed by atoms with Gasteiger partial charge in [-0.2, -0.15) is 0 Å². The van der Waals surface area contributed by atoms with Gasteiger partial charge in [-0.25, -0.2) is 0 Å². The number of allylic oxidation sites excluding steroid dienone is 1. The molecule has 2 saturated heterocycles. The van der Waals surface area contributed by atoms with Gasteiger partial charge < -0.3 is 34.6 Å². The molecule has 4 N–H and O–H groups in total. The maximum Gasteiger partial charge on any atom is 0.186 e. The average molecular weight is 617 g/mol. The molecular formula is C35H52O9. The fraction of sp³-hybridized carbons (Fsp3) is 0.886. The van der Waals surface area contributed by atoms with Crippen molar-refractivity contribution in [1.29, 1.82) is 0 Å². The molecule has 0 unspecified atom stereocenters. The van der Waals surface area contributed by atoms with Gasteiger partial charge in [0.15, 0.2) is 12.1 Å². The number of ether oxygens (including phenoxy) is 3. The molecule has 5 aliphatic carbocycles. The van der Waals surface area contributed by atoms with Crippen LogP contribution < -0.4 is 0 Å². The zero-order valence-electron chi connectivity index (χ0n) is 27.3. The second kappa shape index (κ2) is 9.45. The van der Waals surface area contributed by atoms with Gasteiger partial charge >= 0.3 is 0 Å². The van der Waals surface area contributed by atoms with E-state index in [-0.39, 0.29) is 63.7 Å². The van der Waals surface area contributed by atoms with Crippen LogP contribution in [0, 0.1) is 44.8 Å². The van der Waals surface area contributed by atoms with Gasteiger partial charge in [0.25, 0.3) is 0 Å². The third kappa shape index (κ3) is 3.84. The second-order valence-corrected chi connectivity index (χ2v) is 17.3. The molecule has 6 fully saturated rings. The molecule has 7 rings (SSSR count). The Labute approximate surface area is 260 Å². The summed E-state index contributed by atoms with van der Waals surface area (Å²) >= 11 is 0. The van der Waals surface area contributed by atoms with E-state index in [1.54, 1.807) is 0 Å². The summed E-state index contributed by atoms with van der Waals surface area (Å²) in [5.41, 5.74) is -0.761. The van der Waals surface area contributed by atoms with E-state index in [1.165, 1.54) is 5.57 Å². The predicted octanol–water partition coefficient (Wildman–Crippen LogP) is 3.09. The quantitative estimate of drug-likeness (QED) is 0.261. The molecule has 2 heterocycles. The molecule has 9 nitrogen and oxygen atoms in total. The van der Waals surface area contributed by atoms with Crippen molar-refractivity contribution in [3.8, 4) is 0 Å². The number of fused-ring (bicyclic) bond motifs is 2. The summed E-state index contributed by atoms with van der Waals surface area (Å²) in [4.78, 5) is 27.0. The number of hydrogen-bond donors (Lipinski definition) is 4. The summed E-state index contributed by atoms with van der Waals surface area (Å²) in [6.45, 7) is 14.6. The van der Waals surface area contributed by atoms with Gasteiger partial charge in [-0.05, 0) is 74.0 Å². The number of aliphatic hydroxyl groups excluding tert-OH is 4. The van der Waals surface area contributed by atoms with Crippen molar-refractivity contribution in [3.05, 3.63) is 11.6 Å². The van der Waals surface area contributed by atoms with Crippen LogP contribution >= 0.6 is 0 Å². The summed E-state index contributed by atoms with van der Waals surface area (Å²) in [5, 5.41) is 42.9. The Morgan fingerprint density at radius 3 is 2.43 bits per heavy atom. The Kier molecular flexibility index (Phi) is 6.75.